The molecule has 96 valence electrons. The second-order valence-corrected chi connectivity index (χ2v) is 4.59. The van der Waals surface area contributed by atoms with Crippen molar-refractivity contribution >= 4 is 0 Å². The molecule has 1 atom stereocenters. The Morgan fingerprint density at radius 3 is 3.11 bits per heavy atom. The lowest BCUT2D eigenvalue weighted by Gasteiger charge is -2.22. The third-order valence-corrected chi connectivity index (χ3v) is 3.47. The third kappa shape index (κ3) is 1.81. The summed E-state index contributed by atoms with van der Waals surface area (Å²) in [5, 5.41) is 19.2. The average molecular weight is 257 g/mol. The van der Waals surface area contributed by atoms with Crippen molar-refractivity contribution in [1.82, 2.24) is 9.55 Å². The summed E-state index contributed by atoms with van der Waals surface area (Å²) < 4.78 is 15.6. The molecule has 4 nitrogen and oxygen atoms in total. The minimum absolute atomic E-state index is 0.361. The molecule has 19 heavy (non-hydrogen) atoms. The van der Waals surface area contributed by atoms with Gasteiger partial charge in [-0.05, 0) is 31.0 Å². The largest absolute Gasteiger partial charge is 0.387 e. The number of halogens is 1. The SMILES string of the molecule is N#Cc1cc(-c2cccnc2F)n2c1C(O)CCC2. The molecule has 0 radical (unpaired) electrons. The second kappa shape index (κ2) is 4.48. The molecule has 0 aliphatic carbocycles. The molecule has 0 saturated heterocycles. The Hall–Kier alpha value is -2.19. The van der Waals surface area contributed by atoms with Gasteiger partial charge in [-0.25, -0.2) is 4.98 Å². The van der Waals surface area contributed by atoms with Crippen LogP contribution in [0.5, 0.6) is 0 Å². The highest BCUT2D eigenvalue weighted by Gasteiger charge is 2.26. The Kier molecular flexibility index (Phi) is 2.80. The Morgan fingerprint density at radius 2 is 2.37 bits per heavy atom. The Balaban J connectivity index is 2.24. The number of hydrogen-bond donors (Lipinski definition) is 1. The van der Waals surface area contributed by atoms with Gasteiger partial charge >= 0.3 is 0 Å². The minimum Gasteiger partial charge on any atom is -0.387 e. The van der Waals surface area contributed by atoms with Crippen molar-refractivity contribution in [2.75, 3.05) is 0 Å². The number of rotatable bonds is 1. The highest BCUT2D eigenvalue weighted by molar-refractivity contribution is 5.64. The van der Waals surface area contributed by atoms with Crippen molar-refractivity contribution in [2.24, 2.45) is 0 Å². The van der Waals surface area contributed by atoms with Crippen LogP contribution in [0.15, 0.2) is 24.4 Å². The van der Waals surface area contributed by atoms with Crippen LogP contribution in [0.3, 0.4) is 0 Å². The van der Waals surface area contributed by atoms with Gasteiger partial charge in [0.05, 0.1) is 28.6 Å². The molecule has 1 aliphatic rings. The maximum absolute atomic E-state index is 13.8. The smallest absolute Gasteiger partial charge is 0.222 e. The molecule has 5 heteroatoms. The standard InChI is InChI=1S/C14H12FN3O/c15-14-10(3-1-5-17-14)11-7-9(8-16)13-12(19)4-2-6-18(11)13/h1,3,5,7,12,19H,2,4,6H2. The van der Waals surface area contributed by atoms with E-state index in [9.17, 15) is 9.50 Å². The first-order valence-corrected chi connectivity index (χ1v) is 6.15. The predicted molar refractivity (Wildman–Crippen MR) is 66.5 cm³/mol. The fourth-order valence-corrected chi connectivity index (χ4v) is 2.63. The van der Waals surface area contributed by atoms with E-state index in [1.165, 1.54) is 6.20 Å². The van der Waals surface area contributed by atoms with Gasteiger partial charge in [-0.2, -0.15) is 9.65 Å². The molecule has 1 aliphatic heterocycles. The lowest BCUT2D eigenvalue weighted by Crippen LogP contribution is -2.16. The number of pyridine rings is 1. The summed E-state index contributed by atoms with van der Waals surface area (Å²) in [6, 6.07) is 6.99. The summed E-state index contributed by atoms with van der Waals surface area (Å²) in [6.45, 7) is 0.678. The van der Waals surface area contributed by atoms with Crippen molar-refractivity contribution in [3.8, 4) is 17.3 Å². The summed E-state index contributed by atoms with van der Waals surface area (Å²) >= 11 is 0. The number of aromatic nitrogens is 2. The van der Waals surface area contributed by atoms with E-state index in [1.807, 2.05) is 4.57 Å². The zero-order chi connectivity index (χ0) is 13.4. The predicted octanol–water partition coefficient (Wildman–Crippen LogP) is 2.39. The number of hydrogen-bond acceptors (Lipinski definition) is 3. The van der Waals surface area contributed by atoms with Gasteiger partial charge in [0.25, 0.3) is 0 Å². The number of fused-ring (bicyclic) bond motifs is 1. The lowest BCUT2D eigenvalue weighted by molar-refractivity contribution is 0.139. The molecule has 0 amide bonds. The van der Waals surface area contributed by atoms with Crippen LogP contribution in [-0.4, -0.2) is 14.7 Å². The van der Waals surface area contributed by atoms with Gasteiger partial charge < -0.3 is 9.67 Å². The first-order valence-electron chi connectivity index (χ1n) is 6.15. The van der Waals surface area contributed by atoms with Crippen molar-refractivity contribution in [3.05, 3.63) is 41.6 Å². The normalized spacial score (nSPS) is 17.8. The molecular formula is C14H12FN3O. The van der Waals surface area contributed by atoms with Crippen LogP contribution in [0.2, 0.25) is 0 Å². The first kappa shape index (κ1) is 11.9. The van der Waals surface area contributed by atoms with Crippen LogP contribution in [-0.2, 0) is 6.54 Å². The van der Waals surface area contributed by atoms with E-state index < -0.39 is 12.1 Å². The van der Waals surface area contributed by atoms with Gasteiger partial charge in [-0.1, -0.05) is 0 Å². The van der Waals surface area contributed by atoms with Crippen LogP contribution in [0.1, 0.15) is 30.2 Å². The zero-order valence-electron chi connectivity index (χ0n) is 10.2. The van der Waals surface area contributed by atoms with E-state index in [1.54, 1.807) is 18.2 Å². The maximum Gasteiger partial charge on any atom is 0.222 e. The van der Waals surface area contributed by atoms with Crippen molar-refractivity contribution < 1.29 is 9.50 Å². The van der Waals surface area contributed by atoms with Gasteiger partial charge in [-0.15, -0.1) is 0 Å². The number of nitrogens with zero attached hydrogens (tertiary/aromatic N) is 3. The number of aliphatic hydroxyl groups excluding tert-OH is 1. The zero-order valence-corrected chi connectivity index (χ0v) is 10.2. The molecule has 0 spiro atoms. The van der Waals surface area contributed by atoms with Crippen LogP contribution in [0.25, 0.3) is 11.3 Å². The van der Waals surface area contributed by atoms with E-state index in [0.29, 0.717) is 35.5 Å². The number of aliphatic hydroxyl groups is 1. The third-order valence-electron chi connectivity index (χ3n) is 3.47. The Bertz CT molecular complexity index is 672. The van der Waals surface area contributed by atoms with E-state index in [4.69, 9.17) is 5.26 Å². The summed E-state index contributed by atoms with van der Waals surface area (Å²) in [7, 11) is 0. The molecular weight excluding hydrogens is 245 g/mol. The Morgan fingerprint density at radius 1 is 1.53 bits per heavy atom. The van der Waals surface area contributed by atoms with Gasteiger partial charge in [0, 0.05) is 12.7 Å². The minimum atomic E-state index is -0.656. The molecule has 3 rings (SSSR count). The Labute approximate surface area is 109 Å². The summed E-state index contributed by atoms with van der Waals surface area (Å²) in [5.41, 5.74) is 1.97. The van der Waals surface area contributed by atoms with Crippen molar-refractivity contribution in [2.45, 2.75) is 25.5 Å². The maximum atomic E-state index is 13.8. The molecule has 0 fully saturated rings. The van der Waals surface area contributed by atoms with Crippen LogP contribution >= 0.6 is 0 Å². The molecule has 2 aromatic rings. The lowest BCUT2D eigenvalue weighted by atomic mass is 10.0. The van der Waals surface area contributed by atoms with Gasteiger partial charge in [-0.3, -0.25) is 0 Å². The second-order valence-electron chi connectivity index (χ2n) is 4.59. The topological polar surface area (TPSA) is 61.8 Å². The quantitative estimate of drug-likeness (QED) is 0.798. The average Bonchev–Trinajstić information content (AvgIpc) is 2.79. The highest BCUT2D eigenvalue weighted by Crippen LogP contribution is 2.35. The summed E-state index contributed by atoms with van der Waals surface area (Å²) in [6.07, 6.45) is 2.17. The monoisotopic (exact) mass is 257 g/mol. The molecule has 0 bridgehead atoms. The van der Waals surface area contributed by atoms with Gasteiger partial charge in [0.15, 0.2) is 0 Å². The molecule has 3 heterocycles. The van der Waals surface area contributed by atoms with E-state index in [2.05, 4.69) is 11.1 Å². The highest BCUT2D eigenvalue weighted by atomic mass is 19.1. The van der Waals surface area contributed by atoms with Gasteiger partial charge in [0.1, 0.15) is 6.07 Å². The van der Waals surface area contributed by atoms with E-state index in [0.717, 1.165) is 6.42 Å². The first-order chi connectivity index (χ1) is 9.22. The molecule has 0 aromatic carbocycles. The summed E-state index contributed by atoms with van der Waals surface area (Å²) in [4.78, 5) is 3.63. The van der Waals surface area contributed by atoms with Crippen molar-refractivity contribution in [3.63, 3.8) is 0 Å². The van der Waals surface area contributed by atoms with Crippen LogP contribution in [0, 0.1) is 17.3 Å². The van der Waals surface area contributed by atoms with Crippen LogP contribution in [0.4, 0.5) is 4.39 Å². The van der Waals surface area contributed by atoms with Crippen molar-refractivity contribution in [1.29, 1.82) is 5.26 Å². The van der Waals surface area contributed by atoms with Crippen LogP contribution < -0.4 is 0 Å². The fraction of sp³-hybridized carbons (Fsp3) is 0.286. The summed E-state index contributed by atoms with van der Waals surface area (Å²) in [5.74, 6) is -0.563. The van der Waals surface area contributed by atoms with E-state index in [-0.39, 0.29) is 0 Å². The molecule has 2 aromatic heterocycles. The molecule has 1 unspecified atom stereocenters. The fourth-order valence-electron chi connectivity index (χ4n) is 2.63. The van der Waals surface area contributed by atoms with Gasteiger partial charge in [0.2, 0.25) is 5.95 Å². The number of nitriles is 1. The molecule has 0 saturated carbocycles. The molecule has 1 N–H and O–H groups in total. The van der Waals surface area contributed by atoms with E-state index >= 15 is 0 Å².